The molecule has 1 aromatic carbocycles. The van der Waals surface area contributed by atoms with E-state index >= 15 is 0 Å². The summed E-state index contributed by atoms with van der Waals surface area (Å²) in [4.78, 5) is 14.6. The Bertz CT molecular complexity index is 514. The molecule has 1 saturated heterocycles. The Morgan fingerprint density at radius 2 is 2.14 bits per heavy atom. The summed E-state index contributed by atoms with van der Waals surface area (Å²) >= 11 is 0. The topological polar surface area (TPSA) is 67.6 Å². The zero-order valence-corrected chi connectivity index (χ0v) is 12.5. The third-order valence-electron chi connectivity index (χ3n) is 3.92. The second-order valence-electron chi connectivity index (χ2n) is 5.26. The van der Waals surface area contributed by atoms with E-state index in [-0.39, 0.29) is 17.3 Å². The molecule has 0 saturated carbocycles. The van der Waals surface area contributed by atoms with Crippen LogP contribution < -0.4 is 15.8 Å². The Kier molecular flexibility index (Phi) is 5.01. The maximum absolute atomic E-state index is 14.0. The van der Waals surface area contributed by atoms with Gasteiger partial charge in [0.25, 0.3) is 5.91 Å². The number of piperidine rings is 1. The molecule has 0 radical (unpaired) electrons. The van der Waals surface area contributed by atoms with E-state index in [9.17, 15) is 9.18 Å². The van der Waals surface area contributed by atoms with Gasteiger partial charge in [-0.25, -0.2) is 4.39 Å². The van der Waals surface area contributed by atoms with E-state index in [0.29, 0.717) is 5.75 Å². The van der Waals surface area contributed by atoms with Crippen LogP contribution in [0.1, 0.15) is 30.1 Å². The second-order valence-corrected chi connectivity index (χ2v) is 5.26. The highest BCUT2D eigenvalue weighted by Gasteiger charge is 2.22. The van der Waals surface area contributed by atoms with Crippen molar-refractivity contribution >= 4 is 11.6 Å². The molecule has 1 aliphatic heterocycles. The lowest BCUT2D eigenvalue weighted by molar-refractivity contribution is 0.0908. The van der Waals surface area contributed by atoms with Crippen LogP contribution in [0.2, 0.25) is 0 Å². The highest BCUT2D eigenvalue weighted by Crippen LogP contribution is 2.23. The number of halogens is 1. The van der Waals surface area contributed by atoms with Gasteiger partial charge in [0, 0.05) is 25.2 Å². The summed E-state index contributed by atoms with van der Waals surface area (Å²) in [6.45, 7) is 5.03. The first-order valence-electron chi connectivity index (χ1n) is 7.21. The number of hydrogen-bond donors (Lipinski definition) is 2. The predicted molar refractivity (Wildman–Crippen MR) is 80.0 cm³/mol. The first kappa shape index (κ1) is 15.6. The average molecular weight is 295 g/mol. The highest BCUT2D eigenvalue weighted by molar-refractivity contribution is 5.96. The Labute approximate surface area is 124 Å². The van der Waals surface area contributed by atoms with Crippen molar-refractivity contribution in [2.45, 2.75) is 25.8 Å². The average Bonchev–Trinajstić information content (AvgIpc) is 2.50. The first-order chi connectivity index (χ1) is 10.0. The van der Waals surface area contributed by atoms with Crippen LogP contribution in [0.25, 0.3) is 0 Å². The molecule has 2 rings (SSSR count). The molecule has 6 heteroatoms. The van der Waals surface area contributed by atoms with Crippen LogP contribution in [0.15, 0.2) is 12.1 Å². The predicted octanol–water partition coefficient (Wildman–Crippen LogP) is 1.63. The van der Waals surface area contributed by atoms with Crippen molar-refractivity contribution in [2.24, 2.45) is 0 Å². The summed E-state index contributed by atoms with van der Waals surface area (Å²) in [6, 6.07) is 2.82. The number of nitrogens with two attached hydrogens (primary N) is 1. The van der Waals surface area contributed by atoms with Crippen LogP contribution in [-0.2, 0) is 0 Å². The summed E-state index contributed by atoms with van der Waals surface area (Å²) < 4.78 is 19.0. The number of benzene rings is 1. The standard InChI is InChI=1S/C15H22FN3O2/c1-3-19-6-4-10(5-7-19)18-15(20)12-8-11(21-2)9-13(17)14(12)16/h8-10H,3-7,17H2,1-2H3,(H,18,20). The minimum Gasteiger partial charge on any atom is -0.497 e. The molecule has 0 bridgehead atoms. The summed E-state index contributed by atoms with van der Waals surface area (Å²) in [5, 5.41) is 2.88. The largest absolute Gasteiger partial charge is 0.497 e. The van der Waals surface area contributed by atoms with Crippen LogP contribution in [-0.4, -0.2) is 43.6 Å². The maximum Gasteiger partial charge on any atom is 0.254 e. The maximum atomic E-state index is 14.0. The van der Waals surface area contributed by atoms with Crippen molar-refractivity contribution in [3.63, 3.8) is 0 Å². The molecule has 0 atom stereocenters. The van der Waals surface area contributed by atoms with Gasteiger partial charge in [-0.3, -0.25) is 4.79 Å². The van der Waals surface area contributed by atoms with Gasteiger partial charge in [-0.2, -0.15) is 0 Å². The number of carbonyl (C=O) groups excluding carboxylic acids is 1. The van der Waals surface area contributed by atoms with Gasteiger partial charge in [-0.15, -0.1) is 0 Å². The van der Waals surface area contributed by atoms with Gasteiger partial charge in [-0.1, -0.05) is 6.92 Å². The first-order valence-corrected chi connectivity index (χ1v) is 7.21. The molecular weight excluding hydrogens is 273 g/mol. The van der Waals surface area contributed by atoms with E-state index < -0.39 is 11.7 Å². The van der Waals surface area contributed by atoms with Crippen LogP contribution in [0, 0.1) is 5.82 Å². The molecule has 1 aromatic rings. The lowest BCUT2D eigenvalue weighted by Crippen LogP contribution is -2.44. The van der Waals surface area contributed by atoms with Gasteiger partial charge in [0.15, 0.2) is 5.82 Å². The Morgan fingerprint density at radius 1 is 1.48 bits per heavy atom. The van der Waals surface area contributed by atoms with Crippen molar-refractivity contribution in [3.8, 4) is 5.75 Å². The van der Waals surface area contributed by atoms with Crippen LogP contribution in [0.3, 0.4) is 0 Å². The normalized spacial score (nSPS) is 16.7. The molecule has 0 spiro atoms. The molecule has 1 heterocycles. The fourth-order valence-electron chi connectivity index (χ4n) is 2.56. The Balaban J connectivity index is 2.05. The number of likely N-dealkylation sites (tertiary alicyclic amines) is 1. The fraction of sp³-hybridized carbons (Fsp3) is 0.533. The van der Waals surface area contributed by atoms with Crippen molar-refractivity contribution in [3.05, 3.63) is 23.5 Å². The lowest BCUT2D eigenvalue weighted by atomic mass is 10.0. The number of rotatable bonds is 4. The molecular formula is C15H22FN3O2. The molecule has 1 aliphatic rings. The third-order valence-corrected chi connectivity index (χ3v) is 3.92. The monoisotopic (exact) mass is 295 g/mol. The Hall–Kier alpha value is -1.82. The molecule has 3 N–H and O–H groups in total. The third kappa shape index (κ3) is 3.64. The van der Waals surface area contributed by atoms with Crippen molar-refractivity contribution < 1.29 is 13.9 Å². The molecule has 0 unspecified atom stereocenters. The van der Waals surface area contributed by atoms with Crippen molar-refractivity contribution in [1.82, 2.24) is 10.2 Å². The Morgan fingerprint density at radius 3 is 2.71 bits per heavy atom. The van der Waals surface area contributed by atoms with E-state index in [4.69, 9.17) is 10.5 Å². The van der Waals surface area contributed by atoms with E-state index in [1.807, 2.05) is 0 Å². The molecule has 1 amide bonds. The second kappa shape index (κ2) is 6.76. The van der Waals surface area contributed by atoms with Gasteiger partial charge >= 0.3 is 0 Å². The summed E-state index contributed by atoms with van der Waals surface area (Å²) in [6.07, 6.45) is 1.75. The molecule has 21 heavy (non-hydrogen) atoms. The van der Waals surface area contributed by atoms with Gasteiger partial charge in [-0.05, 0) is 25.5 Å². The number of hydrogen-bond acceptors (Lipinski definition) is 4. The number of amides is 1. The smallest absolute Gasteiger partial charge is 0.254 e. The van der Waals surface area contributed by atoms with Gasteiger partial charge < -0.3 is 20.7 Å². The van der Waals surface area contributed by atoms with Crippen molar-refractivity contribution in [1.29, 1.82) is 0 Å². The lowest BCUT2D eigenvalue weighted by Gasteiger charge is -2.31. The minimum atomic E-state index is -0.695. The highest BCUT2D eigenvalue weighted by atomic mass is 19.1. The number of nitrogens with one attached hydrogen (secondary N) is 1. The molecule has 5 nitrogen and oxygen atoms in total. The summed E-state index contributed by atoms with van der Waals surface area (Å²) in [5.74, 6) is -0.757. The van der Waals surface area contributed by atoms with Gasteiger partial charge in [0.05, 0.1) is 18.4 Å². The summed E-state index contributed by atoms with van der Waals surface area (Å²) in [5.41, 5.74) is 5.41. The zero-order chi connectivity index (χ0) is 15.4. The quantitative estimate of drug-likeness (QED) is 0.829. The number of ether oxygens (including phenoxy) is 1. The van der Waals surface area contributed by atoms with Gasteiger partial charge in [0.2, 0.25) is 0 Å². The molecule has 0 aromatic heterocycles. The van der Waals surface area contributed by atoms with E-state index in [1.54, 1.807) is 0 Å². The SMILES string of the molecule is CCN1CCC(NC(=O)c2cc(OC)cc(N)c2F)CC1. The molecule has 1 fully saturated rings. The number of nitrogens with zero attached hydrogens (tertiary/aromatic N) is 1. The van der Waals surface area contributed by atoms with Gasteiger partial charge in [0.1, 0.15) is 5.75 Å². The summed E-state index contributed by atoms with van der Waals surface area (Å²) in [7, 11) is 1.45. The van der Waals surface area contributed by atoms with E-state index in [1.165, 1.54) is 19.2 Å². The van der Waals surface area contributed by atoms with Crippen LogP contribution >= 0.6 is 0 Å². The number of nitrogen functional groups attached to an aromatic ring is 1. The fourth-order valence-corrected chi connectivity index (χ4v) is 2.56. The zero-order valence-electron chi connectivity index (χ0n) is 12.5. The van der Waals surface area contributed by atoms with E-state index in [0.717, 1.165) is 32.5 Å². The van der Waals surface area contributed by atoms with E-state index in [2.05, 4.69) is 17.1 Å². The van der Waals surface area contributed by atoms with Crippen LogP contribution in [0.4, 0.5) is 10.1 Å². The molecule has 116 valence electrons. The number of carbonyl (C=O) groups is 1. The number of methoxy groups -OCH3 is 1. The van der Waals surface area contributed by atoms with Crippen LogP contribution in [0.5, 0.6) is 5.75 Å². The van der Waals surface area contributed by atoms with Crippen molar-refractivity contribution in [2.75, 3.05) is 32.5 Å². The number of anilines is 1. The molecule has 0 aliphatic carbocycles. The minimum absolute atomic E-state index is 0.0650.